The summed E-state index contributed by atoms with van der Waals surface area (Å²) in [6.45, 7) is 11.6. The number of pyridine rings is 1. The fraction of sp³-hybridized carbons (Fsp3) is 0.318. The van der Waals surface area contributed by atoms with Crippen LogP contribution in [0.15, 0.2) is 41.3 Å². The van der Waals surface area contributed by atoms with Gasteiger partial charge in [-0.2, -0.15) is 0 Å². The Balaban J connectivity index is 1.34. The first-order valence-corrected chi connectivity index (χ1v) is 9.89. The van der Waals surface area contributed by atoms with Crippen LogP contribution in [-0.4, -0.2) is 51.9 Å². The third kappa shape index (κ3) is 4.15. The molecule has 3 aromatic rings. The monoisotopic (exact) mass is 402 g/mol. The second kappa shape index (κ2) is 8.33. The second-order valence-corrected chi connectivity index (χ2v) is 7.39. The number of H-pyrrole nitrogens is 1. The van der Waals surface area contributed by atoms with Gasteiger partial charge < -0.3 is 14.8 Å². The zero-order chi connectivity index (χ0) is 21.1. The van der Waals surface area contributed by atoms with Crippen LogP contribution >= 0.6 is 0 Å². The van der Waals surface area contributed by atoms with Gasteiger partial charge in [-0.15, -0.1) is 0 Å². The number of rotatable bonds is 4. The van der Waals surface area contributed by atoms with Crippen LogP contribution in [0.3, 0.4) is 0 Å². The molecule has 0 unspecified atom stereocenters. The average molecular weight is 402 g/mol. The van der Waals surface area contributed by atoms with E-state index in [1.807, 2.05) is 36.1 Å². The van der Waals surface area contributed by atoms with Crippen molar-refractivity contribution < 1.29 is 4.79 Å². The summed E-state index contributed by atoms with van der Waals surface area (Å²) in [6, 6.07) is 9.18. The van der Waals surface area contributed by atoms with Crippen molar-refractivity contribution >= 4 is 28.3 Å². The van der Waals surface area contributed by atoms with Crippen molar-refractivity contribution in [2.24, 2.45) is 0 Å². The van der Waals surface area contributed by atoms with Crippen molar-refractivity contribution in [2.75, 3.05) is 31.1 Å². The van der Waals surface area contributed by atoms with Crippen molar-refractivity contribution in [2.45, 2.75) is 19.8 Å². The van der Waals surface area contributed by atoms with Crippen molar-refractivity contribution in [1.82, 2.24) is 19.9 Å². The minimum absolute atomic E-state index is 0.0533. The topological polar surface area (TPSA) is 86.5 Å². The Hall–Kier alpha value is -3.73. The number of anilines is 1. The lowest BCUT2D eigenvalue weighted by Crippen LogP contribution is -2.49. The number of carbonyl (C=O) groups excluding carboxylic acids is 1. The molecule has 1 aliphatic rings. The number of hydrogen-bond acceptors (Lipinski definition) is 5. The number of hydrogen-bond donors (Lipinski definition) is 1. The first-order chi connectivity index (χ1) is 14.5. The molecule has 1 aliphatic heterocycles. The van der Waals surface area contributed by atoms with E-state index < -0.39 is 0 Å². The van der Waals surface area contributed by atoms with Gasteiger partial charge in [0.2, 0.25) is 11.6 Å². The van der Waals surface area contributed by atoms with Crippen LogP contribution in [0, 0.1) is 13.5 Å². The Bertz CT molecular complexity index is 1170. The number of carbonyl (C=O) groups is 1. The molecule has 1 fully saturated rings. The van der Waals surface area contributed by atoms with Gasteiger partial charge in [-0.3, -0.25) is 14.6 Å². The number of benzene rings is 1. The predicted molar refractivity (Wildman–Crippen MR) is 115 cm³/mol. The molecule has 2 aromatic heterocycles. The molecule has 1 aromatic carbocycles. The molecule has 4 rings (SSSR count). The van der Waals surface area contributed by atoms with Crippen LogP contribution in [-0.2, 0) is 11.2 Å². The molecule has 1 saturated heterocycles. The number of nitrogens with zero attached hydrogens (tertiary/aromatic N) is 5. The van der Waals surface area contributed by atoms with E-state index in [4.69, 9.17) is 6.57 Å². The molecule has 8 nitrogen and oxygen atoms in total. The Morgan fingerprint density at radius 2 is 2.00 bits per heavy atom. The minimum atomic E-state index is -0.170. The van der Waals surface area contributed by atoms with Gasteiger partial charge in [-0.1, -0.05) is 17.7 Å². The number of aromatic nitrogens is 3. The molecular weight excluding hydrogens is 380 g/mol. The fourth-order valence-corrected chi connectivity index (χ4v) is 3.62. The number of fused-ring (bicyclic) bond motifs is 1. The van der Waals surface area contributed by atoms with E-state index in [9.17, 15) is 9.59 Å². The molecular formula is C22H22N6O2. The third-order valence-corrected chi connectivity index (χ3v) is 5.30. The van der Waals surface area contributed by atoms with Gasteiger partial charge in [0.25, 0.3) is 5.56 Å². The van der Waals surface area contributed by atoms with Gasteiger partial charge in [0.15, 0.2) is 0 Å². The summed E-state index contributed by atoms with van der Waals surface area (Å²) >= 11 is 0. The summed E-state index contributed by atoms with van der Waals surface area (Å²) < 4.78 is 0. The first kappa shape index (κ1) is 19.6. The van der Waals surface area contributed by atoms with E-state index in [1.54, 1.807) is 12.3 Å². The van der Waals surface area contributed by atoms with Crippen LogP contribution in [0.25, 0.3) is 15.7 Å². The second-order valence-electron chi connectivity index (χ2n) is 7.39. The summed E-state index contributed by atoms with van der Waals surface area (Å²) in [4.78, 5) is 43.8. The highest BCUT2D eigenvalue weighted by molar-refractivity contribution is 5.79. The summed E-state index contributed by atoms with van der Waals surface area (Å²) in [5.74, 6) is 1.41. The van der Waals surface area contributed by atoms with Crippen LogP contribution in [0.5, 0.6) is 0 Å². The van der Waals surface area contributed by atoms with Crippen molar-refractivity contribution in [3.63, 3.8) is 0 Å². The van der Waals surface area contributed by atoms with Crippen LogP contribution in [0.1, 0.15) is 17.8 Å². The quantitative estimate of drug-likeness (QED) is 0.678. The summed E-state index contributed by atoms with van der Waals surface area (Å²) in [5.41, 5.74) is 2.01. The van der Waals surface area contributed by atoms with Crippen molar-refractivity contribution in [3.8, 4) is 0 Å². The van der Waals surface area contributed by atoms with E-state index >= 15 is 0 Å². The SMILES string of the molecule is [C-]#[N+]c1ccc(N2CCN(C(=O)CCc3nc4ccc(C)cc4c(=O)[nH]3)CC2)nc1. The van der Waals surface area contributed by atoms with E-state index in [-0.39, 0.29) is 11.5 Å². The van der Waals surface area contributed by atoms with E-state index in [0.717, 1.165) is 11.4 Å². The highest BCUT2D eigenvalue weighted by Gasteiger charge is 2.22. The molecule has 0 bridgehead atoms. The first-order valence-electron chi connectivity index (χ1n) is 9.89. The molecule has 3 heterocycles. The lowest BCUT2D eigenvalue weighted by Gasteiger charge is -2.35. The number of nitrogens with one attached hydrogen (secondary N) is 1. The van der Waals surface area contributed by atoms with Gasteiger partial charge >= 0.3 is 0 Å². The van der Waals surface area contributed by atoms with Crippen molar-refractivity contribution in [3.05, 3.63) is 69.7 Å². The van der Waals surface area contributed by atoms with Gasteiger partial charge in [0.05, 0.1) is 17.5 Å². The van der Waals surface area contributed by atoms with Gasteiger partial charge in [0.1, 0.15) is 11.6 Å². The molecule has 0 radical (unpaired) electrons. The Morgan fingerprint density at radius 1 is 1.20 bits per heavy atom. The molecule has 30 heavy (non-hydrogen) atoms. The standard InChI is InChI=1S/C22H22N6O2/c1-15-3-5-18-17(13-15)22(30)26-19(25-18)6-8-21(29)28-11-9-27(10-12-28)20-7-4-16(23-2)14-24-20/h3-5,7,13-14H,6,8-12H2,1H3,(H,25,26,30). The number of aryl methyl sites for hydroxylation is 2. The smallest absolute Gasteiger partial charge is 0.258 e. The van der Waals surface area contributed by atoms with Crippen LogP contribution in [0.4, 0.5) is 11.5 Å². The van der Waals surface area contributed by atoms with Gasteiger partial charge in [-0.25, -0.2) is 9.83 Å². The highest BCUT2D eigenvalue weighted by atomic mass is 16.2. The predicted octanol–water partition coefficient (Wildman–Crippen LogP) is 2.46. The van der Waals surface area contributed by atoms with E-state index in [1.165, 1.54) is 0 Å². The Morgan fingerprint density at radius 3 is 2.70 bits per heavy atom. The summed E-state index contributed by atoms with van der Waals surface area (Å²) in [5, 5.41) is 0.569. The molecule has 0 aliphatic carbocycles. The van der Waals surface area contributed by atoms with Crippen LogP contribution in [0.2, 0.25) is 0 Å². The summed E-state index contributed by atoms with van der Waals surface area (Å²) in [7, 11) is 0. The molecule has 152 valence electrons. The normalized spacial score (nSPS) is 14.0. The average Bonchev–Trinajstić information content (AvgIpc) is 2.78. The Kier molecular flexibility index (Phi) is 5.44. The zero-order valence-electron chi connectivity index (χ0n) is 16.8. The number of aromatic amines is 1. The number of piperazine rings is 1. The fourth-order valence-electron chi connectivity index (χ4n) is 3.62. The lowest BCUT2D eigenvalue weighted by molar-refractivity contribution is -0.131. The maximum atomic E-state index is 12.6. The molecule has 0 spiro atoms. The third-order valence-electron chi connectivity index (χ3n) is 5.30. The lowest BCUT2D eigenvalue weighted by atomic mass is 10.1. The van der Waals surface area contributed by atoms with E-state index in [2.05, 4.69) is 24.7 Å². The largest absolute Gasteiger partial charge is 0.353 e. The van der Waals surface area contributed by atoms with E-state index in [0.29, 0.717) is 61.4 Å². The maximum Gasteiger partial charge on any atom is 0.258 e. The minimum Gasteiger partial charge on any atom is -0.353 e. The highest BCUT2D eigenvalue weighted by Crippen LogP contribution is 2.18. The molecule has 0 atom stereocenters. The maximum absolute atomic E-state index is 12.6. The Labute approximate surface area is 174 Å². The molecule has 0 saturated carbocycles. The van der Waals surface area contributed by atoms with Crippen LogP contribution < -0.4 is 10.5 Å². The summed E-state index contributed by atoms with van der Waals surface area (Å²) in [6.07, 6.45) is 2.27. The molecule has 8 heteroatoms. The molecule has 1 N–H and O–H groups in total. The number of amides is 1. The van der Waals surface area contributed by atoms with Gasteiger partial charge in [0, 0.05) is 45.2 Å². The van der Waals surface area contributed by atoms with Gasteiger partial charge in [-0.05, 0) is 25.1 Å². The molecule has 1 amide bonds. The van der Waals surface area contributed by atoms with Crippen molar-refractivity contribution in [1.29, 1.82) is 0 Å². The zero-order valence-corrected chi connectivity index (χ0v) is 16.8.